The molecule has 2 heterocycles. The van der Waals surface area contributed by atoms with E-state index in [2.05, 4.69) is 15.0 Å². The highest BCUT2D eigenvalue weighted by atomic mass is 15.0. The Kier molecular flexibility index (Phi) is 2.78. The summed E-state index contributed by atoms with van der Waals surface area (Å²) in [6.07, 6.45) is 6.22. The van der Waals surface area contributed by atoms with Crippen molar-refractivity contribution in [3.8, 4) is 11.3 Å². The predicted molar refractivity (Wildman–Crippen MR) is 59.0 cm³/mol. The number of nitrogens with zero attached hydrogens (tertiary/aromatic N) is 2. The van der Waals surface area contributed by atoms with Crippen molar-refractivity contribution in [3.05, 3.63) is 36.5 Å². The Labute approximate surface area is 88.6 Å². The topological polar surface area (TPSA) is 67.6 Å². The maximum absolute atomic E-state index is 5.88. The van der Waals surface area contributed by atoms with Crippen LogP contribution in [0.2, 0.25) is 0 Å². The van der Waals surface area contributed by atoms with Crippen molar-refractivity contribution < 1.29 is 0 Å². The Balaban J connectivity index is 2.28. The molecule has 0 radical (unpaired) electrons. The standard InChI is InChI=1S/C11H14N4/c1-2-9(12)11-14-7-10(15-11)8-4-3-5-13-6-8/h3-7,9H,2,12H2,1H3,(H,14,15). The number of nitrogens with one attached hydrogen (secondary N) is 1. The third-order valence-corrected chi connectivity index (χ3v) is 2.36. The van der Waals surface area contributed by atoms with Crippen LogP contribution in [0.1, 0.15) is 25.2 Å². The number of nitrogens with two attached hydrogens (primary N) is 1. The van der Waals surface area contributed by atoms with Crippen molar-refractivity contribution in [2.75, 3.05) is 0 Å². The molecule has 0 spiro atoms. The Morgan fingerprint density at radius 3 is 3.00 bits per heavy atom. The second-order valence-corrected chi connectivity index (χ2v) is 3.44. The van der Waals surface area contributed by atoms with Crippen molar-refractivity contribution in [1.82, 2.24) is 15.0 Å². The molecule has 0 bridgehead atoms. The van der Waals surface area contributed by atoms with Crippen molar-refractivity contribution in [3.63, 3.8) is 0 Å². The lowest BCUT2D eigenvalue weighted by Crippen LogP contribution is -2.10. The maximum atomic E-state index is 5.88. The van der Waals surface area contributed by atoms with Crippen LogP contribution in [0.4, 0.5) is 0 Å². The Morgan fingerprint density at radius 2 is 2.33 bits per heavy atom. The summed E-state index contributed by atoms with van der Waals surface area (Å²) in [7, 11) is 0. The smallest absolute Gasteiger partial charge is 0.123 e. The lowest BCUT2D eigenvalue weighted by molar-refractivity contribution is 0.658. The zero-order valence-corrected chi connectivity index (χ0v) is 8.64. The second kappa shape index (κ2) is 4.23. The number of hydrogen-bond acceptors (Lipinski definition) is 3. The molecule has 0 aliphatic heterocycles. The van der Waals surface area contributed by atoms with E-state index in [0.717, 1.165) is 23.5 Å². The van der Waals surface area contributed by atoms with E-state index in [4.69, 9.17) is 5.73 Å². The van der Waals surface area contributed by atoms with E-state index in [9.17, 15) is 0 Å². The third kappa shape index (κ3) is 2.05. The number of pyridine rings is 1. The molecule has 4 nitrogen and oxygen atoms in total. The van der Waals surface area contributed by atoms with Gasteiger partial charge in [0.05, 0.1) is 17.9 Å². The minimum atomic E-state index is -0.0181. The van der Waals surface area contributed by atoms with Crippen molar-refractivity contribution in [1.29, 1.82) is 0 Å². The molecule has 0 aliphatic rings. The summed E-state index contributed by atoms with van der Waals surface area (Å²) in [5.74, 6) is 0.830. The average molecular weight is 202 g/mol. The van der Waals surface area contributed by atoms with Crippen LogP contribution in [0.15, 0.2) is 30.7 Å². The van der Waals surface area contributed by atoms with Gasteiger partial charge in [-0.1, -0.05) is 6.92 Å². The normalized spacial score (nSPS) is 12.7. The van der Waals surface area contributed by atoms with Gasteiger partial charge in [-0.3, -0.25) is 4.98 Å². The molecule has 1 atom stereocenters. The molecule has 15 heavy (non-hydrogen) atoms. The van der Waals surface area contributed by atoms with Crippen LogP contribution in [0, 0.1) is 0 Å². The fourth-order valence-electron chi connectivity index (χ4n) is 1.39. The van der Waals surface area contributed by atoms with Crippen LogP contribution in [0.3, 0.4) is 0 Å². The largest absolute Gasteiger partial charge is 0.341 e. The molecule has 1 unspecified atom stereocenters. The van der Waals surface area contributed by atoms with Gasteiger partial charge in [-0.25, -0.2) is 4.98 Å². The molecule has 2 aromatic rings. The molecular formula is C11H14N4. The van der Waals surface area contributed by atoms with Crippen LogP contribution < -0.4 is 5.73 Å². The van der Waals surface area contributed by atoms with Crippen LogP contribution in [-0.2, 0) is 0 Å². The van der Waals surface area contributed by atoms with Crippen LogP contribution in [0.5, 0.6) is 0 Å². The molecule has 78 valence electrons. The Bertz CT molecular complexity index is 421. The minimum absolute atomic E-state index is 0.0181. The highest BCUT2D eigenvalue weighted by Crippen LogP contribution is 2.18. The number of imidazole rings is 1. The fraction of sp³-hybridized carbons (Fsp3) is 0.273. The van der Waals surface area contributed by atoms with Crippen LogP contribution in [-0.4, -0.2) is 15.0 Å². The van der Waals surface area contributed by atoms with Gasteiger partial charge < -0.3 is 10.7 Å². The van der Waals surface area contributed by atoms with E-state index in [-0.39, 0.29) is 6.04 Å². The summed E-state index contributed by atoms with van der Waals surface area (Å²) in [6.45, 7) is 2.04. The molecule has 0 saturated heterocycles. The van der Waals surface area contributed by atoms with Gasteiger partial charge in [-0.2, -0.15) is 0 Å². The summed E-state index contributed by atoms with van der Waals surface area (Å²) in [6, 6.07) is 3.87. The SMILES string of the molecule is CCC(N)c1ncc(-c2cccnc2)[nH]1. The number of aromatic nitrogens is 3. The second-order valence-electron chi connectivity index (χ2n) is 3.44. The molecule has 3 N–H and O–H groups in total. The number of H-pyrrole nitrogens is 1. The quantitative estimate of drug-likeness (QED) is 0.798. The molecule has 0 aromatic carbocycles. The first-order valence-electron chi connectivity index (χ1n) is 5.02. The molecule has 0 fully saturated rings. The first-order valence-corrected chi connectivity index (χ1v) is 5.02. The van der Waals surface area contributed by atoms with Gasteiger partial charge in [-0.15, -0.1) is 0 Å². The molecule has 4 heteroatoms. The van der Waals surface area contributed by atoms with E-state index in [1.165, 1.54) is 0 Å². The zero-order chi connectivity index (χ0) is 10.7. The van der Waals surface area contributed by atoms with Crippen molar-refractivity contribution in [2.45, 2.75) is 19.4 Å². The summed E-state index contributed by atoms with van der Waals surface area (Å²) < 4.78 is 0. The van der Waals surface area contributed by atoms with E-state index >= 15 is 0 Å². The summed E-state index contributed by atoms with van der Waals surface area (Å²) in [5, 5.41) is 0. The van der Waals surface area contributed by atoms with Gasteiger partial charge in [0, 0.05) is 18.0 Å². The van der Waals surface area contributed by atoms with Crippen LogP contribution >= 0.6 is 0 Å². The minimum Gasteiger partial charge on any atom is -0.341 e. The molecule has 2 rings (SSSR count). The van der Waals surface area contributed by atoms with E-state index in [0.29, 0.717) is 0 Å². The van der Waals surface area contributed by atoms with Crippen molar-refractivity contribution in [2.24, 2.45) is 5.73 Å². The molecule has 0 saturated carbocycles. The lowest BCUT2D eigenvalue weighted by Gasteiger charge is -2.03. The van der Waals surface area contributed by atoms with Crippen LogP contribution in [0.25, 0.3) is 11.3 Å². The van der Waals surface area contributed by atoms with Gasteiger partial charge in [0.15, 0.2) is 0 Å². The summed E-state index contributed by atoms with van der Waals surface area (Å²) >= 11 is 0. The Morgan fingerprint density at radius 1 is 1.47 bits per heavy atom. The molecular weight excluding hydrogens is 188 g/mol. The number of hydrogen-bond donors (Lipinski definition) is 2. The highest BCUT2D eigenvalue weighted by Gasteiger charge is 2.08. The lowest BCUT2D eigenvalue weighted by atomic mass is 10.2. The monoisotopic (exact) mass is 202 g/mol. The third-order valence-electron chi connectivity index (χ3n) is 2.36. The fourth-order valence-corrected chi connectivity index (χ4v) is 1.39. The van der Waals surface area contributed by atoms with Gasteiger partial charge in [0.1, 0.15) is 5.82 Å². The van der Waals surface area contributed by atoms with Gasteiger partial charge >= 0.3 is 0 Å². The zero-order valence-electron chi connectivity index (χ0n) is 8.64. The van der Waals surface area contributed by atoms with Gasteiger partial charge in [-0.05, 0) is 18.6 Å². The van der Waals surface area contributed by atoms with Gasteiger partial charge in [0.2, 0.25) is 0 Å². The Hall–Kier alpha value is -1.68. The summed E-state index contributed by atoms with van der Waals surface area (Å²) in [5.41, 5.74) is 7.86. The van der Waals surface area contributed by atoms with Crippen molar-refractivity contribution >= 4 is 0 Å². The van der Waals surface area contributed by atoms with E-state index < -0.39 is 0 Å². The van der Waals surface area contributed by atoms with Gasteiger partial charge in [0.25, 0.3) is 0 Å². The summed E-state index contributed by atoms with van der Waals surface area (Å²) in [4.78, 5) is 11.5. The highest BCUT2D eigenvalue weighted by molar-refractivity contribution is 5.56. The average Bonchev–Trinajstić information content (AvgIpc) is 2.78. The first-order chi connectivity index (χ1) is 7.31. The number of aromatic amines is 1. The molecule has 0 amide bonds. The van der Waals surface area contributed by atoms with E-state index in [1.54, 1.807) is 18.6 Å². The van der Waals surface area contributed by atoms with E-state index in [1.807, 2.05) is 19.1 Å². The molecule has 2 aromatic heterocycles. The first kappa shape index (κ1) is 9.86. The maximum Gasteiger partial charge on any atom is 0.123 e. The number of rotatable bonds is 3. The predicted octanol–water partition coefficient (Wildman–Crippen LogP) is 1.88. The molecule has 0 aliphatic carbocycles.